The standard InChI is InChI=1S/C57H100O6/c1-4-7-10-13-16-19-22-25-28-31-34-37-40-43-46-49-55(58)61-52-54(63-57(60)51-48-45-42-39-36-33-30-27-24-21-18-15-12-9-6-3)53-62-56(59)50-47-44-41-38-35-32-29-26-23-20-17-14-11-8-5-2/h7,10,16,19,25,27-28,30,34,37,54H,4-6,8-9,11-15,17-18,20-24,26,29,31-33,35-36,38-53H2,1-3H3/b10-7-,19-16-,28-25-,30-27-,37-34-/t54-/m1/s1. The van der Waals surface area contributed by atoms with Gasteiger partial charge in [0.25, 0.3) is 0 Å². The Labute approximate surface area is 390 Å². The van der Waals surface area contributed by atoms with Crippen molar-refractivity contribution in [3.8, 4) is 0 Å². The molecule has 0 heterocycles. The Hall–Kier alpha value is -2.89. The molecule has 0 N–H and O–H groups in total. The summed E-state index contributed by atoms with van der Waals surface area (Å²) < 4.78 is 16.8. The molecule has 0 aliphatic heterocycles. The first-order valence-corrected chi connectivity index (χ1v) is 26.8. The van der Waals surface area contributed by atoms with Crippen molar-refractivity contribution >= 4 is 17.9 Å². The molecular formula is C57H100O6. The van der Waals surface area contributed by atoms with Crippen LogP contribution < -0.4 is 0 Å². The lowest BCUT2D eigenvalue weighted by Gasteiger charge is -2.18. The van der Waals surface area contributed by atoms with Crippen LogP contribution in [0.5, 0.6) is 0 Å². The Balaban J connectivity index is 4.44. The molecule has 0 rings (SSSR count). The molecule has 0 fully saturated rings. The van der Waals surface area contributed by atoms with Crippen LogP contribution in [-0.2, 0) is 28.6 Å². The van der Waals surface area contributed by atoms with Crippen LogP contribution in [0.2, 0.25) is 0 Å². The number of ether oxygens (including phenoxy) is 3. The van der Waals surface area contributed by atoms with E-state index in [9.17, 15) is 14.4 Å². The van der Waals surface area contributed by atoms with Crippen molar-refractivity contribution in [2.24, 2.45) is 0 Å². The van der Waals surface area contributed by atoms with Crippen LogP contribution >= 0.6 is 0 Å². The van der Waals surface area contributed by atoms with Crippen molar-refractivity contribution in [3.05, 3.63) is 60.8 Å². The van der Waals surface area contributed by atoms with Gasteiger partial charge in [-0.15, -0.1) is 0 Å². The van der Waals surface area contributed by atoms with E-state index in [0.29, 0.717) is 19.3 Å². The summed E-state index contributed by atoms with van der Waals surface area (Å²) in [6.07, 6.45) is 63.5. The number of unbranched alkanes of at least 4 members (excludes halogenated alkanes) is 27. The smallest absolute Gasteiger partial charge is 0.306 e. The highest BCUT2D eigenvalue weighted by atomic mass is 16.6. The lowest BCUT2D eigenvalue weighted by atomic mass is 10.0. The average Bonchev–Trinajstić information content (AvgIpc) is 3.28. The first kappa shape index (κ1) is 60.1. The number of hydrogen-bond donors (Lipinski definition) is 0. The Morgan fingerprint density at radius 3 is 1.02 bits per heavy atom. The minimum absolute atomic E-state index is 0.0885. The predicted molar refractivity (Wildman–Crippen MR) is 270 cm³/mol. The van der Waals surface area contributed by atoms with Gasteiger partial charge in [-0.25, -0.2) is 0 Å². The van der Waals surface area contributed by atoms with Gasteiger partial charge in [0.05, 0.1) is 0 Å². The van der Waals surface area contributed by atoms with Crippen LogP contribution in [0.25, 0.3) is 0 Å². The zero-order valence-electron chi connectivity index (χ0n) is 41.6. The summed E-state index contributed by atoms with van der Waals surface area (Å²) in [7, 11) is 0. The van der Waals surface area contributed by atoms with E-state index in [-0.39, 0.29) is 31.1 Å². The van der Waals surface area contributed by atoms with E-state index in [0.717, 1.165) is 96.3 Å². The van der Waals surface area contributed by atoms with Crippen molar-refractivity contribution in [1.29, 1.82) is 0 Å². The minimum Gasteiger partial charge on any atom is -0.462 e. The van der Waals surface area contributed by atoms with Gasteiger partial charge < -0.3 is 14.2 Å². The zero-order chi connectivity index (χ0) is 45.8. The van der Waals surface area contributed by atoms with Crippen molar-refractivity contribution in [2.75, 3.05) is 13.2 Å². The molecule has 0 aromatic carbocycles. The van der Waals surface area contributed by atoms with Crippen molar-refractivity contribution in [1.82, 2.24) is 0 Å². The predicted octanol–water partition coefficient (Wildman–Crippen LogP) is 17.6. The molecule has 0 amide bonds. The van der Waals surface area contributed by atoms with E-state index < -0.39 is 6.10 Å². The van der Waals surface area contributed by atoms with Crippen LogP contribution in [0, 0.1) is 0 Å². The second-order valence-electron chi connectivity index (χ2n) is 17.8. The Morgan fingerprint density at radius 2 is 0.619 bits per heavy atom. The lowest BCUT2D eigenvalue weighted by molar-refractivity contribution is -0.167. The highest BCUT2D eigenvalue weighted by molar-refractivity contribution is 5.71. The first-order valence-electron chi connectivity index (χ1n) is 26.8. The average molecular weight is 881 g/mol. The maximum absolute atomic E-state index is 12.8. The largest absolute Gasteiger partial charge is 0.462 e. The van der Waals surface area contributed by atoms with Crippen molar-refractivity contribution in [2.45, 2.75) is 271 Å². The molecule has 0 radical (unpaired) electrons. The molecule has 0 spiro atoms. The van der Waals surface area contributed by atoms with Crippen molar-refractivity contribution in [3.63, 3.8) is 0 Å². The maximum atomic E-state index is 12.8. The molecule has 0 aromatic rings. The molecule has 6 heteroatoms. The van der Waals surface area contributed by atoms with E-state index in [4.69, 9.17) is 14.2 Å². The molecule has 63 heavy (non-hydrogen) atoms. The molecule has 0 aliphatic rings. The highest BCUT2D eigenvalue weighted by Crippen LogP contribution is 2.15. The van der Waals surface area contributed by atoms with Gasteiger partial charge in [0.2, 0.25) is 0 Å². The molecular weight excluding hydrogens is 781 g/mol. The van der Waals surface area contributed by atoms with Crippen LogP contribution in [-0.4, -0.2) is 37.2 Å². The number of rotatable bonds is 48. The molecule has 0 aliphatic carbocycles. The molecule has 0 unspecified atom stereocenters. The summed E-state index contributed by atoms with van der Waals surface area (Å²) in [6, 6.07) is 0. The highest BCUT2D eigenvalue weighted by Gasteiger charge is 2.19. The number of carbonyl (C=O) groups excluding carboxylic acids is 3. The van der Waals surface area contributed by atoms with Gasteiger partial charge in [0, 0.05) is 19.3 Å². The number of allylic oxidation sites excluding steroid dienone is 10. The Bertz CT molecular complexity index is 1150. The van der Waals surface area contributed by atoms with Gasteiger partial charge in [-0.3, -0.25) is 14.4 Å². The van der Waals surface area contributed by atoms with Crippen LogP contribution in [0.3, 0.4) is 0 Å². The number of hydrogen-bond acceptors (Lipinski definition) is 6. The summed E-state index contributed by atoms with van der Waals surface area (Å²) in [5.41, 5.74) is 0. The maximum Gasteiger partial charge on any atom is 0.306 e. The molecule has 0 saturated carbocycles. The number of esters is 3. The van der Waals surface area contributed by atoms with E-state index in [1.807, 2.05) is 0 Å². The summed E-state index contributed by atoms with van der Waals surface area (Å²) in [5, 5.41) is 0. The van der Waals surface area contributed by atoms with Gasteiger partial charge in [-0.05, 0) is 83.5 Å². The van der Waals surface area contributed by atoms with Gasteiger partial charge in [-0.2, -0.15) is 0 Å². The molecule has 0 saturated heterocycles. The normalized spacial score (nSPS) is 12.5. The summed E-state index contributed by atoms with van der Waals surface area (Å²) in [6.45, 7) is 6.49. The van der Waals surface area contributed by atoms with Crippen molar-refractivity contribution < 1.29 is 28.6 Å². The van der Waals surface area contributed by atoms with Crippen LogP contribution in [0.4, 0.5) is 0 Å². The quantitative estimate of drug-likeness (QED) is 0.0262. The van der Waals surface area contributed by atoms with Crippen LogP contribution in [0.1, 0.15) is 265 Å². The molecule has 364 valence electrons. The van der Waals surface area contributed by atoms with E-state index in [2.05, 4.69) is 81.5 Å². The molecule has 6 nitrogen and oxygen atoms in total. The van der Waals surface area contributed by atoms with E-state index in [1.54, 1.807) is 0 Å². The first-order chi connectivity index (χ1) is 31.0. The third kappa shape index (κ3) is 50.0. The second kappa shape index (κ2) is 51.7. The summed E-state index contributed by atoms with van der Waals surface area (Å²) in [4.78, 5) is 38.0. The lowest BCUT2D eigenvalue weighted by Crippen LogP contribution is -2.30. The fourth-order valence-corrected chi connectivity index (χ4v) is 7.49. The van der Waals surface area contributed by atoms with Gasteiger partial charge in [-0.1, -0.05) is 223 Å². The minimum atomic E-state index is -0.793. The zero-order valence-corrected chi connectivity index (χ0v) is 41.6. The SMILES string of the molecule is CC/C=C\C/C=C\C/C=C\C/C=C\CCCCC(=O)OC[C@H](COC(=O)CCCCCCCCCCCCCCCCC)OC(=O)CCCCCCC/C=C\CCCCCCCC. The topological polar surface area (TPSA) is 78.9 Å². The van der Waals surface area contributed by atoms with Gasteiger partial charge >= 0.3 is 17.9 Å². The fraction of sp³-hybridized carbons (Fsp3) is 0.772. The third-order valence-corrected chi connectivity index (χ3v) is 11.5. The van der Waals surface area contributed by atoms with E-state index in [1.165, 1.54) is 128 Å². The third-order valence-electron chi connectivity index (χ3n) is 11.5. The second-order valence-corrected chi connectivity index (χ2v) is 17.8. The van der Waals surface area contributed by atoms with Crippen LogP contribution in [0.15, 0.2) is 60.8 Å². The summed E-state index contributed by atoms with van der Waals surface area (Å²) >= 11 is 0. The Morgan fingerprint density at radius 1 is 0.333 bits per heavy atom. The molecule has 0 bridgehead atoms. The Kier molecular flexibility index (Phi) is 49.4. The molecule has 0 aromatic heterocycles. The van der Waals surface area contributed by atoms with E-state index >= 15 is 0 Å². The summed E-state index contributed by atoms with van der Waals surface area (Å²) in [5.74, 6) is -0.933. The fourth-order valence-electron chi connectivity index (χ4n) is 7.49. The van der Waals surface area contributed by atoms with Gasteiger partial charge in [0.1, 0.15) is 13.2 Å². The van der Waals surface area contributed by atoms with Gasteiger partial charge in [0.15, 0.2) is 6.10 Å². The number of carbonyl (C=O) groups is 3. The molecule has 1 atom stereocenters. The monoisotopic (exact) mass is 881 g/mol.